The van der Waals surface area contributed by atoms with Gasteiger partial charge >= 0.3 is 0 Å². The molecule has 8 heavy (non-hydrogen) atoms. The van der Waals surface area contributed by atoms with E-state index in [1.807, 2.05) is 0 Å². The smallest absolute Gasteiger partial charge is 0.0352 e. The molecule has 0 atom stereocenters. The van der Waals surface area contributed by atoms with Gasteiger partial charge in [0, 0.05) is 0 Å². The van der Waals surface area contributed by atoms with Crippen LogP contribution < -0.4 is 0 Å². The highest BCUT2D eigenvalue weighted by Gasteiger charge is 2.15. The lowest BCUT2D eigenvalue weighted by atomic mass is 9.82. The molecule has 0 amide bonds. The molecule has 1 saturated carbocycles. The van der Waals surface area contributed by atoms with Crippen molar-refractivity contribution in [3.63, 3.8) is 0 Å². The van der Waals surface area contributed by atoms with E-state index in [0.29, 0.717) is 0 Å². The lowest BCUT2D eigenvalue weighted by Crippen LogP contribution is -2.09. The largest absolute Gasteiger partial charge is 0.0528 e. The van der Waals surface area contributed by atoms with Crippen molar-refractivity contribution in [2.45, 2.75) is 38.5 Å². The zero-order valence-corrected chi connectivity index (χ0v) is 5.40. The van der Waals surface area contributed by atoms with Gasteiger partial charge in [0.15, 0.2) is 0 Å². The third kappa shape index (κ3) is 1.50. The molecule has 0 bridgehead atoms. The Bertz CT molecular complexity index is 53.1. The molecule has 0 heteroatoms. The first kappa shape index (κ1) is 6.12. The normalized spacial score (nSPS) is 20.6. The molecule has 46 valence electrons. The van der Waals surface area contributed by atoms with Crippen LogP contribution >= 0.6 is 0 Å². The Morgan fingerprint density at radius 2 is 2.12 bits per heavy atom. The summed E-state index contributed by atoms with van der Waals surface area (Å²) < 4.78 is 0. The van der Waals surface area contributed by atoms with E-state index in [4.69, 9.17) is 6.92 Å². The standard InChI is InChI=1S/C8H14/c1-2-3-5-8-6-4-7-8/h1,8H,2-7H2. The Kier molecular flexibility index (Phi) is 2.38. The van der Waals surface area contributed by atoms with Crippen molar-refractivity contribution in [3.8, 4) is 0 Å². The highest BCUT2D eigenvalue weighted by molar-refractivity contribution is 4.68. The molecule has 2 radical (unpaired) electrons. The highest BCUT2D eigenvalue weighted by Crippen LogP contribution is 2.30. The van der Waals surface area contributed by atoms with Gasteiger partial charge in [0.25, 0.3) is 0 Å². The molecule has 1 aliphatic rings. The van der Waals surface area contributed by atoms with E-state index in [-0.39, 0.29) is 0 Å². The SMILES string of the molecule is [CH]CCCC1CCC1. The van der Waals surface area contributed by atoms with E-state index in [1.54, 1.807) is 0 Å². The van der Waals surface area contributed by atoms with Gasteiger partial charge in [0.2, 0.25) is 0 Å². The lowest BCUT2D eigenvalue weighted by molar-refractivity contribution is 0.290. The zero-order chi connectivity index (χ0) is 5.82. The minimum Gasteiger partial charge on any atom is -0.0528 e. The van der Waals surface area contributed by atoms with Gasteiger partial charge in [-0.15, -0.1) is 0 Å². The lowest BCUT2D eigenvalue weighted by Gasteiger charge is -2.24. The predicted octanol–water partition coefficient (Wildman–Crippen LogP) is 2.67. The van der Waals surface area contributed by atoms with Crippen LogP contribution in [0.25, 0.3) is 0 Å². The average molecular weight is 110 g/mol. The summed E-state index contributed by atoms with van der Waals surface area (Å²) in [6.45, 7) is 5.36. The van der Waals surface area contributed by atoms with Crippen molar-refractivity contribution < 1.29 is 0 Å². The Morgan fingerprint density at radius 1 is 1.38 bits per heavy atom. The molecule has 1 aliphatic carbocycles. The number of hydrogen-bond donors (Lipinski definition) is 0. The quantitative estimate of drug-likeness (QED) is 0.524. The van der Waals surface area contributed by atoms with Crippen LogP contribution in [0.15, 0.2) is 0 Å². The van der Waals surface area contributed by atoms with Crippen LogP contribution in [0.3, 0.4) is 0 Å². The van der Waals surface area contributed by atoms with Gasteiger partial charge in [-0.2, -0.15) is 0 Å². The molecule has 0 unspecified atom stereocenters. The van der Waals surface area contributed by atoms with Crippen LogP contribution in [0.2, 0.25) is 0 Å². The van der Waals surface area contributed by atoms with E-state index in [0.717, 1.165) is 12.3 Å². The maximum absolute atomic E-state index is 5.36. The Balaban J connectivity index is 1.86. The maximum atomic E-state index is 5.36. The van der Waals surface area contributed by atoms with Crippen molar-refractivity contribution in [2.24, 2.45) is 5.92 Å². The van der Waals surface area contributed by atoms with Crippen molar-refractivity contribution >= 4 is 0 Å². The summed E-state index contributed by atoms with van der Waals surface area (Å²) in [7, 11) is 0. The van der Waals surface area contributed by atoms with Crippen molar-refractivity contribution in [1.82, 2.24) is 0 Å². The summed E-state index contributed by atoms with van der Waals surface area (Å²) in [6, 6.07) is 0. The summed E-state index contributed by atoms with van der Waals surface area (Å²) in [4.78, 5) is 0. The summed E-state index contributed by atoms with van der Waals surface area (Å²) in [5.74, 6) is 1.05. The minimum absolute atomic E-state index is 0.885. The summed E-state index contributed by atoms with van der Waals surface area (Å²) in [6.07, 6.45) is 7.92. The first-order chi connectivity index (χ1) is 3.93. The van der Waals surface area contributed by atoms with Crippen molar-refractivity contribution in [1.29, 1.82) is 0 Å². The van der Waals surface area contributed by atoms with Gasteiger partial charge in [0.05, 0.1) is 0 Å². The molecule has 0 saturated heterocycles. The van der Waals surface area contributed by atoms with E-state index >= 15 is 0 Å². The number of rotatable bonds is 3. The molecular formula is C8H14. The predicted molar refractivity (Wildman–Crippen MR) is 35.5 cm³/mol. The van der Waals surface area contributed by atoms with E-state index in [1.165, 1.54) is 32.1 Å². The van der Waals surface area contributed by atoms with E-state index in [9.17, 15) is 0 Å². The molecule has 1 fully saturated rings. The van der Waals surface area contributed by atoms with Crippen LogP contribution in [0.1, 0.15) is 38.5 Å². The third-order valence-corrected chi connectivity index (χ3v) is 2.04. The molecule has 0 nitrogen and oxygen atoms in total. The van der Waals surface area contributed by atoms with Crippen molar-refractivity contribution in [2.75, 3.05) is 0 Å². The van der Waals surface area contributed by atoms with Gasteiger partial charge in [0.1, 0.15) is 0 Å². The highest BCUT2D eigenvalue weighted by atomic mass is 14.2. The van der Waals surface area contributed by atoms with E-state index in [2.05, 4.69) is 0 Å². The van der Waals surface area contributed by atoms with Gasteiger partial charge in [-0.25, -0.2) is 0 Å². The number of hydrogen-bond acceptors (Lipinski definition) is 0. The van der Waals surface area contributed by atoms with Gasteiger partial charge in [-0.05, 0) is 19.3 Å². The summed E-state index contributed by atoms with van der Waals surface area (Å²) in [5, 5.41) is 0. The summed E-state index contributed by atoms with van der Waals surface area (Å²) in [5.41, 5.74) is 0. The third-order valence-electron chi connectivity index (χ3n) is 2.04. The number of unbranched alkanes of at least 4 members (excludes halogenated alkanes) is 1. The van der Waals surface area contributed by atoms with Crippen LogP contribution in [-0.4, -0.2) is 0 Å². The molecule has 0 aromatic heterocycles. The fourth-order valence-electron chi connectivity index (χ4n) is 1.19. The average Bonchev–Trinajstić information content (AvgIpc) is 1.63. The fourth-order valence-corrected chi connectivity index (χ4v) is 1.19. The molecular weight excluding hydrogens is 96.1 g/mol. The molecule has 0 aromatic carbocycles. The molecule has 0 spiro atoms. The first-order valence-electron chi connectivity index (χ1n) is 3.63. The van der Waals surface area contributed by atoms with E-state index < -0.39 is 0 Å². The molecule has 1 rings (SSSR count). The second kappa shape index (κ2) is 3.11. The van der Waals surface area contributed by atoms with Gasteiger partial charge < -0.3 is 0 Å². The molecule has 0 aromatic rings. The Labute approximate surface area is 52.3 Å². The summed E-state index contributed by atoms with van der Waals surface area (Å²) >= 11 is 0. The first-order valence-corrected chi connectivity index (χ1v) is 3.63. The Hall–Kier alpha value is 0. The van der Waals surface area contributed by atoms with Crippen LogP contribution in [0, 0.1) is 12.8 Å². The zero-order valence-electron chi connectivity index (χ0n) is 5.40. The second-order valence-corrected chi connectivity index (χ2v) is 2.73. The van der Waals surface area contributed by atoms with Crippen LogP contribution in [-0.2, 0) is 0 Å². The second-order valence-electron chi connectivity index (χ2n) is 2.73. The maximum Gasteiger partial charge on any atom is -0.0352 e. The minimum atomic E-state index is 0.885. The van der Waals surface area contributed by atoms with Crippen molar-refractivity contribution in [3.05, 3.63) is 6.92 Å². The van der Waals surface area contributed by atoms with Gasteiger partial charge in [-0.3, -0.25) is 0 Å². The van der Waals surface area contributed by atoms with Crippen LogP contribution in [0.4, 0.5) is 0 Å². The fraction of sp³-hybridized carbons (Fsp3) is 0.875. The molecule has 0 aliphatic heterocycles. The monoisotopic (exact) mass is 110 g/mol. The van der Waals surface area contributed by atoms with Gasteiger partial charge in [-0.1, -0.05) is 32.1 Å². The topological polar surface area (TPSA) is 0 Å². The Morgan fingerprint density at radius 3 is 2.50 bits per heavy atom. The van der Waals surface area contributed by atoms with Crippen LogP contribution in [0.5, 0.6) is 0 Å². The molecule has 0 heterocycles. The molecule has 0 N–H and O–H groups in total.